The zero-order chi connectivity index (χ0) is 11.3. The van der Waals surface area contributed by atoms with Gasteiger partial charge in [0.05, 0.1) is 5.41 Å². The maximum Gasteiger partial charge on any atom is 0.304 e. The third-order valence-corrected chi connectivity index (χ3v) is 2.34. The van der Waals surface area contributed by atoms with Gasteiger partial charge in [-0.2, -0.15) is 8.42 Å². The lowest BCUT2D eigenvalue weighted by Gasteiger charge is -1.93. The molecule has 1 rings (SSSR count). The van der Waals surface area contributed by atoms with Crippen molar-refractivity contribution in [3.8, 4) is 0 Å². The summed E-state index contributed by atoms with van der Waals surface area (Å²) in [4.78, 5) is 11.1. The molecule has 0 bridgehead atoms. The van der Waals surface area contributed by atoms with Crippen LogP contribution in [0.1, 0.15) is 5.56 Å². The van der Waals surface area contributed by atoms with Crippen molar-refractivity contribution in [2.75, 3.05) is 0 Å². The minimum absolute atomic E-state index is 0.645. The first-order valence-electron chi connectivity index (χ1n) is 3.89. The van der Waals surface area contributed by atoms with Crippen LogP contribution in [-0.2, 0) is 10.0 Å². The Bertz CT molecular complexity index is 467. The Morgan fingerprint density at radius 2 is 1.87 bits per heavy atom. The Balaban J connectivity index is 2.78. The first-order valence-corrected chi connectivity index (χ1v) is 5.44. The van der Waals surface area contributed by atoms with E-state index in [4.69, 9.17) is 0 Å². The lowest BCUT2D eigenvalue weighted by molar-refractivity contribution is -0.518. The van der Waals surface area contributed by atoms with Gasteiger partial charge in [-0.25, -0.2) is 10.1 Å². The highest BCUT2D eigenvalue weighted by atomic mass is 32.2. The van der Waals surface area contributed by atoms with Crippen LogP contribution in [0.15, 0.2) is 35.7 Å². The first-order chi connectivity index (χ1) is 6.99. The summed E-state index contributed by atoms with van der Waals surface area (Å²) < 4.78 is 21.9. The zero-order valence-electron chi connectivity index (χ0n) is 7.53. The van der Waals surface area contributed by atoms with Crippen molar-refractivity contribution in [3.05, 3.63) is 51.4 Å². The monoisotopic (exact) mass is 228 g/mol. The molecule has 0 saturated carbocycles. The summed E-state index contributed by atoms with van der Waals surface area (Å²) in [6, 6.07) is 8.60. The van der Waals surface area contributed by atoms with E-state index in [1.54, 1.807) is 30.3 Å². The molecule has 0 radical (unpaired) electrons. The normalized spacial score (nSPS) is 11.5. The Labute approximate surface area is 86.4 Å². The molecule has 0 aromatic heterocycles. The number of nitrogens with zero attached hydrogens (tertiary/aromatic N) is 1. The number of hydrazine groups is 1. The topological polar surface area (TPSA) is 89.3 Å². The number of hydrogen-bond acceptors (Lipinski definition) is 4. The second-order valence-corrected chi connectivity index (χ2v) is 4.15. The minimum Gasteiger partial charge on any atom is -0.234 e. The molecular formula is C8H8N2O4S. The van der Waals surface area contributed by atoms with E-state index in [0.717, 1.165) is 5.41 Å². The molecule has 0 fully saturated rings. The van der Waals surface area contributed by atoms with Crippen LogP contribution in [0.2, 0.25) is 0 Å². The molecule has 15 heavy (non-hydrogen) atoms. The number of rotatable bonds is 4. The number of nitrogens with one attached hydrogen (secondary N) is 1. The average molecular weight is 228 g/mol. The minimum atomic E-state index is -4.01. The molecule has 0 aliphatic carbocycles. The fourth-order valence-corrected chi connectivity index (χ4v) is 1.47. The predicted octanol–water partition coefficient (Wildman–Crippen LogP) is 0.768. The van der Waals surface area contributed by atoms with Gasteiger partial charge in [0.2, 0.25) is 0 Å². The summed E-state index contributed by atoms with van der Waals surface area (Å²) in [5.41, 5.74) is 0.645. The fourth-order valence-electron chi connectivity index (χ4n) is 0.867. The Morgan fingerprint density at radius 1 is 1.27 bits per heavy atom. The van der Waals surface area contributed by atoms with Crippen LogP contribution < -0.4 is 4.83 Å². The molecule has 1 N–H and O–H groups in total. The van der Waals surface area contributed by atoms with E-state index < -0.39 is 15.1 Å². The van der Waals surface area contributed by atoms with Crippen molar-refractivity contribution in [3.63, 3.8) is 0 Å². The van der Waals surface area contributed by atoms with Crippen molar-refractivity contribution in [2.24, 2.45) is 0 Å². The summed E-state index contributed by atoms with van der Waals surface area (Å²) >= 11 is 0. The number of hydrogen-bond donors (Lipinski definition) is 1. The molecule has 7 heteroatoms. The molecule has 0 unspecified atom stereocenters. The Kier molecular flexibility index (Phi) is 3.40. The molecular weight excluding hydrogens is 220 g/mol. The molecule has 0 saturated heterocycles. The fraction of sp³-hybridized carbons (Fsp3) is 0. The van der Waals surface area contributed by atoms with Gasteiger partial charge in [0, 0.05) is 0 Å². The highest BCUT2D eigenvalue weighted by Gasteiger charge is 2.10. The van der Waals surface area contributed by atoms with Gasteiger partial charge in [0.1, 0.15) is 0 Å². The summed E-state index contributed by atoms with van der Waals surface area (Å²) in [6.07, 6.45) is 1.27. The predicted molar refractivity (Wildman–Crippen MR) is 54.5 cm³/mol. The second kappa shape index (κ2) is 4.56. The summed E-state index contributed by atoms with van der Waals surface area (Å²) in [6.45, 7) is 0. The maximum atomic E-state index is 11.0. The molecule has 0 spiro atoms. The second-order valence-electron chi connectivity index (χ2n) is 2.61. The average Bonchev–Trinajstić information content (AvgIpc) is 2.15. The highest BCUT2D eigenvalue weighted by Crippen LogP contribution is 2.02. The Morgan fingerprint density at radius 3 is 2.40 bits per heavy atom. The lowest BCUT2D eigenvalue weighted by Crippen LogP contribution is -2.27. The van der Waals surface area contributed by atoms with Crippen LogP contribution in [0.3, 0.4) is 0 Å². The van der Waals surface area contributed by atoms with Gasteiger partial charge in [0.25, 0.3) is 0 Å². The third-order valence-electron chi connectivity index (χ3n) is 1.44. The van der Waals surface area contributed by atoms with Crippen molar-refractivity contribution in [2.45, 2.75) is 0 Å². The SMILES string of the molecule is O=[N+]([O-])NS(=O)(=O)C=Cc1ccccc1. The first kappa shape index (κ1) is 11.2. The standard InChI is InChI=1S/C8H8N2O4S/c11-10(12)9-15(13,14)7-6-8-4-2-1-3-5-8/h1-7,9H. The molecule has 0 amide bonds. The van der Waals surface area contributed by atoms with Crippen LogP contribution in [0.4, 0.5) is 0 Å². The van der Waals surface area contributed by atoms with Crippen LogP contribution in [0, 0.1) is 10.1 Å². The lowest BCUT2D eigenvalue weighted by atomic mass is 10.2. The van der Waals surface area contributed by atoms with Gasteiger partial charge in [-0.3, -0.25) is 0 Å². The van der Waals surface area contributed by atoms with E-state index in [0.29, 0.717) is 5.56 Å². The van der Waals surface area contributed by atoms with Crippen molar-refractivity contribution in [1.29, 1.82) is 0 Å². The van der Waals surface area contributed by atoms with E-state index in [9.17, 15) is 18.5 Å². The molecule has 0 heterocycles. The van der Waals surface area contributed by atoms with Crippen molar-refractivity contribution >= 4 is 16.1 Å². The molecule has 0 aliphatic rings. The summed E-state index contributed by atoms with van der Waals surface area (Å²) in [7, 11) is -4.01. The van der Waals surface area contributed by atoms with Gasteiger partial charge in [-0.05, 0) is 16.5 Å². The number of benzene rings is 1. The van der Waals surface area contributed by atoms with Gasteiger partial charge >= 0.3 is 10.0 Å². The van der Waals surface area contributed by atoms with Crippen LogP contribution in [-0.4, -0.2) is 13.5 Å². The summed E-state index contributed by atoms with van der Waals surface area (Å²) in [5, 5.41) is 9.53. The van der Waals surface area contributed by atoms with E-state index in [1.807, 2.05) is 0 Å². The van der Waals surface area contributed by atoms with Crippen LogP contribution >= 0.6 is 0 Å². The molecule has 1 aromatic carbocycles. The number of nitro groups is 1. The Hall–Kier alpha value is -1.89. The zero-order valence-corrected chi connectivity index (χ0v) is 8.35. The molecule has 80 valence electrons. The van der Waals surface area contributed by atoms with Crippen LogP contribution in [0.5, 0.6) is 0 Å². The molecule has 6 nitrogen and oxygen atoms in total. The van der Waals surface area contributed by atoms with E-state index >= 15 is 0 Å². The van der Waals surface area contributed by atoms with E-state index in [-0.39, 0.29) is 0 Å². The maximum absolute atomic E-state index is 11.0. The van der Waals surface area contributed by atoms with Gasteiger partial charge < -0.3 is 0 Å². The summed E-state index contributed by atoms with van der Waals surface area (Å²) in [5.74, 6) is 0. The van der Waals surface area contributed by atoms with E-state index in [2.05, 4.69) is 0 Å². The van der Waals surface area contributed by atoms with Gasteiger partial charge in [-0.15, -0.1) is 0 Å². The van der Waals surface area contributed by atoms with Crippen molar-refractivity contribution < 1.29 is 13.5 Å². The largest absolute Gasteiger partial charge is 0.304 e. The van der Waals surface area contributed by atoms with Crippen LogP contribution in [0.25, 0.3) is 6.08 Å². The van der Waals surface area contributed by atoms with Crippen molar-refractivity contribution in [1.82, 2.24) is 4.83 Å². The highest BCUT2D eigenvalue weighted by molar-refractivity contribution is 7.92. The quantitative estimate of drug-likeness (QED) is 0.608. The number of sulfonamides is 1. The third kappa shape index (κ3) is 4.23. The molecule has 0 atom stereocenters. The van der Waals surface area contributed by atoms with Gasteiger partial charge in [-0.1, -0.05) is 30.3 Å². The van der Waals surface area contributed by atoms with E-state index in [1.165, 1.54) is 10.9 Å². The molecule has 1 aromatic rings. The van der Waals surface area contributed by atoms with Gasteiger partial charge in [0.15, 0.2) is 5.03 Å². The smallest absolute Gasteiger partial charge is 0.234 e. The molecule has 0 aliphatic heterocycles.